The average Bonchev–Trinajstić information content (AvgIpc) is 2.78. The smallest absolute Gasteiger partial charge is 0.234 e. The molecular weight excluding hydrogens is 241 g/mol. The summed E-state index contributed by atoms with van der Waals surface area (Å²) in [6, 6.07) is 2.68. The van der Waals surface area contributed by atoms with Gasteiger partial charge in [-0.25, -0.2) is 9.37 Å². The second-order valence-corrected chi connectivity index (χ2v) is 3.52. The fourth-order valence-corrected chi connectivity index (χ4v) is 1.32. The van der Waals surface area contributed by atoms with Crippen molar-refractivity contribution in [2.24, 2.45) is 0 Å². The van der Waals surface area contributed by atoms with E-state index in [1.165, 1.54) is 19.2 Å². The number of ether oxygens (including phenoxy) is 1. The van der Waals surface area contributed by atoms with Gasteiger partial charge in [0.2, 0.25) is 11.7 Å². The van der Waals surface area contributed by atoms with Crippen LogP contribution in [0.2, 0.25) is 0 Å². The molecule has 0 atom stereocenters. The van der Waals surface area contributed by atoms with Crippen LogP contribution in [0.1, 0.15) is 5.89 Å². The zero-order valence-corrected chi connectivity index (χ0v) is 9.59. The SMILES string of the molecule is COCC(=O)Cc1nc(-c2ccc(F)cn2)no1. The van der Waals surface area contributed by atoms with Crippen molar-refractivity contribution in [1.82, 2.24) is 15.1 Å². The van der Waals surface area contributed by atoms with Crippen molar-refractivity contribution >= 4 is 5.78 Å². The molecule has 0 N–H and O–H groups in total. The Labute approximate surface area is 102 Å². The van der Waals surface area contributed by atoms with E-state index < -0.39 is 5.82 Å². The predicted molar refractivity (Wildman–Crippen MR) is 58.1 cm³/mol. The first-order chi connectivity index (χ1) is 8.69. The summed E-state index contributed by atoms with van der Waals surface area (Å²) in [7, 11) is 1.43. The molecule has 0 fully saturated rings. The van der Waals surface area contributed by atoms with Crippen LogP contribution in [-0.4, -0.2) is 34.6 Å². The maximum Gasteiger partial charge on any atom is 0.234 e. The minimum Gasteiger partial charge on any atom is -0.377 e. The predicted octanol–water partition coefficient (Wildman–Crippen LogP) is 1.03. The molecule has 0 aliphatic rings. The van der Waals surface area contributed by atoms with E-state index in [0.29, 0.717) is 5.69 Å². The molecule has 0 radical (unpaired) electrons. The second-order valence-electron chi connectivity index (χ2n) is 3.52. The molecular formula is C11H10FN3O3. The molecule has 0 bridgehead atoms. The van der Waals surface area contributed by atoms with E-state index >= 15 is 0 Å². The maximum atomic E-state index is 12.7. The lowest BCUT2D eigenvalue weighted by molar-refractivity contribution is -0.122. The van der Waals surface area contributed by atoms with Crippen LogP contribution in [0.4, 0.5) is 4.39 Å². The number of carbonyl (C=O) groups is 1. The van der Waals surface area contributed by atoms with Gasteiger partial charge in [-0.2, -0.15) is 4.98 Å². The first-order valence-corrected chi connectivity index (χ1v) is 5.14. The number of hydrogen-bond donors (Lipinski definition) is 0. The van der Waals surface area contributed by atoms with Crippen molar-refractivity contribution in [2.75, 3.05) is 13.7 Å². The van der Waals surface area contributed by atoms with Gasteiger partial charge in [0, 0.05) is 7.11 Å². The molecule has 0 aliphatic carbocycles. The third-order valence-corrected chi connectivity index (χ3v) is 2.08. The molecule has 2 rings (SSSR count). The number of Topliss-reactive ketones (excluding diaryl/α,β-unsaturated/α-hetero) is 1. The van der Waals surface area contributed by atoms with Crippen LogP contribution in [0.25, 0.3) is 11.5 Å². The molecule has 6 nitrogen and oxygen atoms in total. The quantitative estimate of drug-likeness (QED) is 0.789. The van der Waals surface area contributed by atoms with E-state index in [9.17, 15) is 9.18 Å². The van der Waals surface area contributed by atoms with Gasteiger partial charge in [-0.15, -0.1) is 0 Å². The summed E-state index contributed by atoms with van der Waals surface area (Å²) in [5.41, 5.74) is 0.380. The monoisotopic (exact) mass is 251 g/mol. The number of nitrogens with zero attached hydrogens (tertiary/aromatic N) is 3. The standard InChI is InChI=1S/C11H10FN3O3/c1-17-6-8(16)4-10-14-11(15-18-10)9-3-2-7(12)5-13-9/h2-3,5H,4,6H2,1H3. The van der Waals surface area contributed by atoms with Crippen LogP contribution in [0, 0.1) is 5.82 Å². The highest BCUT2D eigenvalue weighted by Crippen LogP contribution is 2.13. The van der Waals surface area contributed by atoms with Gasteiger partial charge in [-0.05, 0) is 12.1 Å². The molecule has 0 unspecified atom stereocenters. The Morgan fingerprint density at radius 3 is 3.00 bits per heavy atom. The van der Waals surface area contributed by atoms with Gasteiger partial charge in [-0.3, -0.25) is 4.79 Å². The van der Waals surface area contributed by atoms with E-state index in [0.717, 1.165) is 6.20 Å². The number of hydrogen-bond acceptors (Lipinski definition) is 6. The molecule has 7 heteroatoms. The van der Waals surface area contributed by atoms with Crippen LogP contribution in [-0.2, 0) is 16.0 Å². The van der Waals surface area contributed by atoms with Gasteiger partial charge in [0.25, 0.3) is 0 Å². The van der Waals surface area contributed by atoms with E-state index in [2.05, 4.69) is 19.9 Å². The third-order valence-electron chi connectivity index (χ3n) is 2.08. The van der Waals surface area contributed by atoms with Crippen molar-refractivity contribution in [3.8, 4) is 11.5 Å². The van der Waals surface area contributed by atoms with Gasteiger partial charge in [-0.1, -0.05) is 5.16 Å². The van der Waals surface area contributed by atoms with Crippen molar-refractivity contribution < 1.29 is 18.4 Å². The Balaban J connectivity index is 2.10. The van der Waals surface area contributed by atoms with Gasteiger partial charge in [0.05, 0.1) is 12.6 Å². The lowest BCUT2D eigenvalue weighted by Crippen LogP contribution is -2.09. The third kappa shape index (κ3) is 2.95. The molecule has 18 heavy (non-hydrogen) atoms. The largest absolute Gasteiger partial charge is 0.377 e. The van der Waals surface area contributed by atoms with E-state index in [1.54, 1.807) is 0 Å². The van der Waals surface area contributed by atoms with Crippen LogP contribution in [0.15, 0.2) is 22.9 Å². The lowest BCUT2D eigenvalue weighted by atomic mass is 10.3. The first kappa shape index (κ1) is 12.3. The van der Waals surface area contributed by atoms with Gasteiger partial charge < -0.3 is 9.26 Å². The number of carbonyl (C=O) groups excluding carboxylic acids is 1. The van der Waals surface area contributed by atoms with Crippen molar-refractivity contribution in [3.05, 3.63) is 30.0 Å². The summed E-state index contributed by atoms with van der Waals surface area (Å²) in [6.45, 7) is -0.00743. The van der Waals surface area contributed by atoms with Crippen molar-refractivity contribution in [2.45, 2.75) is 6.42 Å². The Bertz CT molecular complexity index is 539. The Kier molecular flexibility index (Phi) is 3.73. The number of pyridine rings is 1. The number of rotatable bonds is 5. The number of ketones is 1. The van der Waals surface area contributed by atoms with Crippen LogP contribution in [0.3, 0.4) is 0 Å². The molecule has 2 heterocycles. The fourth-order valence-electron chi connectivity index (χ4n) is 1.32. The molecule has 94 valence electrons. The van der Waals surface area contributed by atoms with Gasteiger partial charge in [0.1, 0.15) is 18.1 Å². The first-order valence-electron chi connectivity index (χ1n) is 5.14. The molecule has 0 spiro atoms. The Hall–Kier alpha value is -2.15. The van der Waals surface area contributed by atoms with Crippen molar-refractivity contribution in [1.29, 1.82) is 0 Å². The molecule has 0 aliphatic heterocycles. The Morgan fingerprint density at radius 2 is 2.33 bits per heavy atom. The normalized spacial score (nSPS) is 10.6. The molecule has 0 saturated carbocycles. The van der Waals surface area contributed by atoms with Gasteiger partial charge in [0.15, 0.2) is 5.78 Å². The maximum absolute atomic E-state index is 12.7. The highest BCUT2D eigenvalue weighted by molar-refractivity contribution is 5.81. The summed E-state index contributed by atoms with van der Waals surface area (Å²) < 4.78 is 22.3. The molecule has 0 amide bonds. The van der Waals surface area contributed by atoms with E-state index in [1.807, 2.05) is 0 Å². The minimum absolute atomic E-state index is 0.00202. The van der Waals surface area contributed by atoms with E-state index in [-0.39, 0.29) is 30.5 Å². The topological polar surface area (TPSA) is 78.1 Å². The summed E-state index contributed by atoms with van der Waals surface area (Å²) in [4.78, 5) is 19.1. The lowest BCUT2D eigenvalue weighted by Gasteiger charge is -1.93. The number of halogens is 1. The summed E-state index contributed by atoms with van der Waals surface area (Å²) in [5.74, 6) is -0.217. The molecule has 0 aromatic carbocycles. The van der Waals surface area contributed by atoms with Crippen LogP contribution < -0.4 is 0 Å². The Morgan fingerprint density at radius 1 is 1.50 bits per heavy atom. The second kappa shape index (κ2) is 5.46. The average molecular weight is 251 g/mol. The van der Waals surface area contributed by atoms with Crippen LogP contribution in [0.5, 0.6) is 0 Å². The number of aromatic nitrogens is 3. The fraction of sp³-hybridized carbons (Fsp3) is 0.273. The van der Waals surface area contributed by atoms with Crippen molar-refractivity contribution in [3.63, 3.8) is 0 Å². The van der Waals surface area contributed by atoms with E-state index in [4.69, 9.17) is 4.52 Å². The highest BCUT2D eigenvalue weighted by Gasteiger charge is 2.13. The molecule has 0 saturated heterocycles. The van der Waals surface area contributed by atoms with Crippen LogP contribution >= 0.6 is 0 Å². The summed E-state index contributed by atoms with van der Waals surface area (Å²) in [6.07, 6.45) is 1.06. The molecule has 2 aromatic heterocycles. The summed E-state index contributed by atoms with van der Waals surface area (Å²) >= 11 is 0. The zero-order chi connectivity index (χ0) is 13.0. The molecule has 2 aromatic rings. The highest BCUT2D eigenvalue weighted by atomic mass is 19.1. The number of methoxy groups -OCH3 is 1. The van der Waals surface area contributed by atoms with Gasteiger partial charge >= 0.3 is 0 Å². The zero-order valence-electron chi connectivity index (χ0n) is 9.59. The minimum atomic E-state index is -0.447. The summed E-state index contributed by atoms with van der Waals surface area (Å²) in [5, 5.41) is 3.67.